The Bertz CT molecular complexity index is 299. The summed E-state index contributed by atoms with van der Waals surface area (Å²) in [4.78, 5) is 3.60. The Morgan fingerprint density at radius 3 is 2.56 bits per heavy atom. The number of nitrogens with zero attached hydrogens (tertiary/aromatic N) is 1. The zero-order valence-corrected chi connectivity index (χ0v) is 12.5. The SMILES string of the molecule is CCC(NCC(O)CN(CC)CC)c1cccs1. The van der Waals surface area contributed by atoms with Crippen molar-refractivity contribution in [1.29, 1.82) is 0 Å². The molecule has 0 bridgehead atoms. The summed E-state index contributed by atoms with van der Waals surface area (Å²) in [5.41, 5.74) is 0. The second-order valence-electron chi connectivity index (χ2n) is 4.52. The van der Waals surface area contributed by atoms with E-state index in [1.54, 1.807) is 11.3 Å². The van der Waals surface area contributed by atoms with E-state index in [2.05, 4.69) is 48.5 Å². The first-order chi connectivity index (χ1) is 8.71. The normalized spacial score (nSPS) is 14.9. The molecule has 0 spiro atoms. The summed E-state index contributed by atoms with van der Waals surface area (Å²) in [6.07, 6.45) is 0.761. The molecule has 1 rings (SSSR count). The van der Waals surface area contributed by atoms with Crippen LogP contribution in [0.25, 0.3) is 0 Å². The average molecular weight is 270 g/mol. The van der Waals surface area contributed by atoms with Gasteiger partial charge in [0.25, 0.3) is 0 Å². The molecule has 3 nitrogen and oxygen atoms in total. The van der Waals surface area contributed by atoms with Gasteiger partial charge in [0.15, 0.2) is 0 Å². The lowest BCUT2D eigenvalue weighted by Crippen LogP contribution is -2.39. The molecular weight excluding hydrogens is 244 g/mol. The molecule has 0 fully saturated rings. The lowest BCUT2D eigenvalue weighted by Gasteiger charge is -2.24. The van der Waals surface area contributed by atoms with Crippen LogP contribution in [0.5, 0.6) is 0 Å². The highest BCUT2D eigenvalue weighted by molar-refractivity contribution is 7.10. The Balaban J connectivity index is 2.34. The van der Waals surface area contributed by atoms with E-state index in [4.69, 9.17) is 0 Å². The molecule has 1 aromatic rings. The van der Waals surface area contributed by atoms with Crippen LogP contribution in [-0.2, 0) is 0 Å². The Kier molecular flexibility index (Phi) is 7.51. The zero-order chi connectivity index (χ0) is 13.4. The number of rotatable bonds is 9. The van der Waals surface area contributed by atoms with E-state index in [0.717, 1.165) is 26.1 Å². The maximum Gasteiger partial charge on any atom is 0.0791 e. The van der Waals surface area contributed by atoms with Crippen molar-refractivity contribution in [2.24, 2.45) is 0 Å². The largest absolute Gasteiger partial charge is 0.390 e. The van der Waals surface area contributed by atoms with Crippen LogP contribution in [0.4, 0.5) is 0 Å². The molecule has 0 saturated carbocycles. The third kappa shape index (κ3) is 5.06. The molecule has 18 heavy (non-hydrogen) atoms. The number of aliphatic hydroxyl groups is 1. The third-order valence-electron chi connectivity index (χ3n) is 3.26. The van der Waals surface area contributed by atoms with Crippen LogP contribution in [0.15, 0.2) is 17.5 Å². The Hall–Kier alpha value is -0.420. The van der Waals surface area contributed by atoms with E-state index >= 15 is 0 Å². The summed E-state index contributed by atoms with van der Waals surface area (Å²) in [6.45, 7) is 9.83. The monoisotopic (exact) mass is 270 g/mol. The summed E-state index contributed by atoms with van der Waals surface area (Å²) in [7, 11) is 0. The van der Waals surface area contributed by atoms with E-state index in [1.807, 2.05) is 0 Å². The van der Waals surface area contributed by atoms with Crippen LogP contribution in [-0.4, -0.2) is 42.3 Å². The molecule has 2 atom stereocenters. The van der Waals surface area contributed by atoms with Crippen molar-refractivity contribution in [2.45, 2.75) is 39.3 Å². The minimum Gasteiger partial charge on any atom is -0.390 e. The first-order valence-electron chi connectivity index (χ1n) is 6.88. The van der Waals surface area contributed by atoms with Gasteiger partial charge in [-0.2, -0.15) is 0 Å². The molecule has 0 aliphatic heterocycles. The van der Waals surface area contributed by atoms with Gasteiger partial charge in [0.05, 0.1) is 6.10 Å². The van der Waals surface area contributed by atoms with Gasteiger partial charge in [0.2, 0.25) is 0 Å². The molecule has 2 N–H and O–H groups in total. The van der Waals surface area contributed by atoms with Gasteiger partial charge in [0, 0.05) is 24.0 Å². The van der Waals surface area contributed by atoms with Gasteiger partial charge in [-0.15, -0.1) is 11.3 Å². The fourth-order valence-corrected chi connectivity index (χ4v) is 2.94. The van der Waals surface area contributed by atoms with Crippen molar-refractivity contribution in [2.75, 3.05) is 26.2 Å². The van der Waals surface area contributed by atoms with Crippen LogP contribution in [0.3, 0.4) is 0 Å². The van der Waals surface area contributed by atoms with E-state index < -0.39 is 0 Å². The van der Waals surface area contributed by atoms with E-state index in [1.165, 1.54) is 4.88 Å². The van der Waals surface area contributed by atoms with Crippen molar-refractivity contribution >= 4 is 11.3 Å². The topological polar surface area (TPSA) is 35.5 Å². The van der Waals surface area contributed by atoms with Crippen molar-refractivity contribution in [3.8, 4) is 0 Å². The van der Waals surface area contributed by atoms with Crippen LogP contribution in [0.1, 0.15) is 38.1 Å². The number of thiophene rings is 1. The van der Waals surface area contributed by atoms with E-state index in [9.17, 15) is 5.11 Å². The molecule has 1 heterocycles. The van der Waals surface area contributed by atoms with Crippen molar-refractivity contribution in [3.05, 3.63) is 22.4 Å². The van der Waals surface area contributed by atoms with Crippen LogP contribution in [0, 0.1) is 0 Å². The first kappa shape index (κ1) is 15.6. The minimum atomic E-state index is -0.293. The van der Waals surface area contributed by atoms with Gasteiger partial charge in [-0.1, -0.05) is 26.8 Å². The number of likely N-dealkylation sites (N-methyl/N-ethyl adjacent to an activating group) is 1. The summed E-state index contributed by atoms with van der Waals surface area (Å²) in [5, 5.41) is 15.6. The molecule has 0 amide bonds. The van der Waals surface area contributed by atoms with E-state index in [-0.39, 0.29) is 6.10 Å². The molecule has 2 unspecified atom stereocenters. The molecule has 1 aromatic heterocycles. The molecule has 0 aliphatic carbocycles. The van der Waals surface area contributed by atoms with Crippen LogP contribution >= 0.6 is 11.3 Å². The Labute approximate surface area is 115 Å². The lowest BCUT2D eigenvalue weighted by atomic mass is 10.2. The van der Waals surface area contributed by atoms with Crippen LogP contribution < -0.4 is 5.32 Å². The molecular formula is C14H26N2OS. The molecule has 0 aromatic carbocycles. The molecule has 0 aliphatic rings. The second-order valence-corrected chi connectivity index (χ2v) is 5.50. The first-order valence-corrected chi connectivity index (χ1v) is 7.76. The highest BCUT2D eigenvalue weighted by Gasteiger charge is 2.13. The molecule has 0 radical (unpaired) electrons. The van der Waals surface area contributed by atoms with Crippen molar-refractivity contribution in [1.82, 2.24) is 10.2 Å². The van der Waals surface area contributed by atoms with Crippen LogP contribution in [0.2, 0.25) is 0 Å². The highest BCUT2D eigenvalue weighted by Crippen LogP contribution is 2.21. The zero-order valence-electron chi connectivity index (χ0n) is 11.7. The quantitative estimate of drug-likeness (QED) is 0.724. The van der Waals surface area contributed by atoms with Gasteiger partial charge in [-0.05, 0) is 31.0 Å². The molecule has 4 heteroatoms. The average Bonchev–Trinajstić information content (AvgIpc) is 2.90. The summed E-state index contributed by atoms with van der Waals surface area (Å²) < 4.78 is 0. The van der Waals surface area contributed by atoms with Crippen molar-refractivity contribution < 1.29 is 5.11 Å². The molecule has 104 valence electrons. The predicted octanol–water partition coefficient (Wildman–Crippen LogP) is 2.49. The Morgan fingerprint density at radius 1 is 1.33 bits per heavy atom. The van der Waals surface area contributed by atoms with Gasteiger partial charge in [0.1, 0.15) is 0 Å². The summed E-state index contributed by atoms with van der Waals surface area (Å²) >= 11 is 1.78. The van der Waals surface area contributed by atoms with Gasteiger partial charge in [-0.3, -0.25) is 0 Å². The number of aliphatic hydroxyl groups excluding tert-OH is 1. The second kappa shape index (κ2) is 8.64. The lowest BCUT2D eigenvalue weighted by molar-refractivity contribution is 0.114. The van der Waals surface area contributed by atoms with Gasteiger partial charge >= 0.3 is 0 Å². The number of hydrogen-bond donors (Lipinski definition) is 2. The van der Waals surface area contributed by atoms with Gasteiger partial charge in [-0.25, -0.2) is 0 Å². The fourth-order valence-electron chi connectivity index (χ4n) is 2.06. The number of hydrogen-bond acceptors (Lipinski definition) is 4. The maximum absolute atomic E-state index is 10.0. The highest BCUT2D eigenvalue weighted by atomic mass is 32.1. The smallest absolute Gasteiger partial charge is 0.0791 e. The maximum atomic E-state index is 10.0. The van der Waals surface area contributed by atoms with E-state index in [0.29, 0.717) is 12.6 Å². The summed E-state index contributed by atoms with van der Waals surface area (Å²) in [6, 6.07) is 4.61. The van der Waals surface area contributed by atoms with Gasteiger partial charge < -0.3 is 15.3 Å². The Morgan fingerprint density at radius 2 is 2.06 bits per heavy atom. The number of nitrogens with one attached hydrogen (secondary N) is 1. The minimum absolute atomic E-state index is 0.293. The van der Waals surface area contributed by atoms with Crippen molar-refractivity contribution in [3.63, 3.8) is 0 Å². The fraction of sp³-hybridized carbons (Fsp3) is 0.714. The summed E-state index contributed by atoms with van der Waals surface area (Å²) in [5.74, 6) is 0. The standard InChI is InChI=1S/C14H26N2OS/c1-4-13(14-8-7-9-18-14)15-10-12(17)11-16(5-2)6-3/h7-9,12-13,15,17H,4-6,10-11H2,1-3H3. The predicted molar refractivity (Wildman–Crippen MR) is 79.1 cm³/mol. The molecule has 0 saturated heterocycles. The third-order valence-corrected chi connectivity index (χ3v) is 4.24.